The van der Waals surface area contributed by atoms with E-state index in [0.717, 1.165) is 31.8 Å². The van der Waals surface area contributed by atoms with E-state index >= 15 is 0 Å². The molecule has 0 aromatic heterocycles. The minimum Gasteiger partial charge on any atom is -0.299 e. The molecule has 1 aliphatic rings. The van der Waals surface area contributed by atoms with Crippen LogP contribution in [0.25, 0.3) is 0 Å². The highest BCUT2D eigenvalue weighted by molar-refractivity contribution is 9.13. The number of benzene rings is 1. The van der Waals surface area contributed by atoms with E-state index in [1.54, 1.807) is 0 Å². The van der Waals surface area contributed by atoms with Crippen LogP contribution >= 0.6 is 47.8 Å². The maximum absolute atomic E-state index is 11.4. The molecule has 0 amide bonds. The Hall–Kier alpha value is 0.330. The summed E-state index contributed by atoms with van der Waals surface area (Å²) in [6.45, 7) is 0. The molecule has 4 heteroatoms. The van der Waals surface area contributed by atoms with Gasteiger partial charge in [-0.25, -0.2) is 0 Å². The molecule has 2 rings (SSSR count). The quantitative estimate of drug-likeness (QED) is 0.657. The Labute approximate surface area is 108 Å². The number of carbonyl (C=O) groups excluding carboxylic acids is 1. The Morgan fingerprint density at radius 3 is 2.43 bits per heavy atom. The maximum Gasteiger partial charge on any atom is 0.140 e. The van der Waals surface area contributed by atoms with Crippen molar-refractivity contribution in [3.63, 3.8) is 0 Å². The maximum atomic E-state index is 11.4. The van der Waals surface area contributed by atoms with Crippen LogP contribution in [0.15, 0.2) is 25.6 Å². The van der Waals surface area contributed by atoms with Crippen LogP contribution in [0.4, 0.5) is 0 Å². The van der Waals surface area contributed by atoms with Crippen molar-refractivity contribution in [2.24, 2.45) is 0 Å². The van der Waals surface area contributed by atoms with E-state index in [2.05, 4.69) is 47.8 Å². The molecule has 0 bridgehead atoms. The van der Waals surface area contributed by atoms with Crippen LogP contribution in [0, 0.1) is 0 Å². The summed E-state index contributed by atoms with van der Waals surface area (Å²) in [6.07, 6.45) is 1.70. The Balaban J connectivity index is 2.46. The van der Waals surface area contributed by atoms with Gasteiger partial charge in [-0.3, -0.25) is 4.79 Å². The van der Waals surface area contributed by atoms with Gasteiger partial charge in [0.25, 0.3) is 0 Å². The van der Waals surface area contributed by atoms with E-state index in [0.29, 0.717) is 5.78 Å². The summed E-state index contributed by atoms with van der Waals surface area (Å²) >= 11 is 10.4. The minimum atomic E-state index is 0.0955. The first-order valence-electron chi connectivity index (χ1n) is 4.26. The van der Waals surface area contributed by atoms with Crippen molar-refractivity contribution in [2.75, 3.05) is 0 Å². The molecular weight excluding hydrogens is 376 g/mol. The van der Waals surface area contributed by atoms with Crippen molar-refractivity contribution in [3.05, 3.63) is 31.1 Å². The SMILES string of the molecule is O=C1CCC1c1cc(Br)cc(Br)c1Br. The van der Waals surface area contributed by atoms with Gasteiger partial charge in [0.05, 0.1) is 0 Å². The lowest BCUT2D eigenvalue weighted by Crippen LogP contribution is -2.23. The van der Waals surface area contributed by atoms with Crippen molar-refractivity contribution in [1.29, 1.82) is 0 Å². The molecule has 1 aromatic carbocycles. The molecular formula is C10H7Br3O. The van der Waals surface area contributed by atoms with Crippen molar-refractivity contribution >= 4 is 53.6 Å². The topological polar surface area (TPSA) is 17.1 Å². The van der Waals surface area contributed by atoms with E-state index in [1.165, 1.54) is 0 Å². The smallest absolute Gasteiger partial charge is 0.140 e. The standard InChI is InChI=1S/C10H7Br3O/c11-5-3-7(6-1-2-9(6)14)10(13)8(12)4-5/h3-4,6H,1-2H2. The average Bonchev–Trinajstić information content (AvgIpc) is 2.11. The summed E-state index contributed by atoms with van der Waals surface area (Å²) < 4.78 is 2.99. The second-order valence-electron chi connectivity index (χ2n) is 3.35. The molecule has 0 N–H and O–H groups in total. The fourth-order valence-corrected chi connectivity index (χ4v) is 3.33. The Kier molecular flexibility index (Phi) is 3.15. The lowest BCUT2D eigenvalue weighted by molar-refractivity contribution is -0.125. The molecule has 0 saturated heterocycles. The van der Waals surface area contributed by atoms with Gasteiger partial charge >= 0.3 is 0 Å². The number of carbonyl (C=O) groups is 1. The molecule has 1 aliphatic carbocycles. The molecule has 0 spiro atoms. The predicted octanol–water partition coefficient (Wildman–Crippen LogP) is 4.42. The zero-order valence-corrected chi connectivity index (χ0v) is 11.9. The third kappa shape index (κ3) is 1.84. The fraction of sp³-hybridized carbons (Fsp3) is 0.300. The van der Waals surface area contributed by atoms with Crippen molar-refractivity contribution in [2.45, 2.75) is 18.8 Å². The van der Waals surface area contributed by atoms with E-state index < -0.39 is 0 Å². The number of hydrogen-bond donors (Lipinski definition) is 0. The van der Waals surface area contributed by atoms with Gasteiger partial charge in [0.15, 0.2) is 0 Å². The van der Waals surface area contributed by atoms with E-state index in [-0.39, 0.29) is 5.92 Å². The van der Waals surface area contributed by atoms with Crippen LogP contribution in [-0.2, 0) is 4.79 Å². The second kappa shape index (κ2) is 4.06. The molecule has 1 unspecified atom stereocenters. The summed E-state index contributed by atoms with van der Waals surface area (Å²) in [5, 5.41) is 0. The Morgan fingerprint density at radius 1 is 1.21 bits per heavy atom. The average molecular weight is 383 g/mol. The molecule has 1 aromatic rings. The molecule has 1 nitrogen and oxygen atoms in total. The number of hydrogen-bond acceptors (Lipinski definition) is 1. The van der Waals surface area contributed by atoms with Gasteiger partial charge in [-0.15, -0.1) is 0 Å². The van der Waals surface area contributed by atoms with Crippen molar-refractivity contribution in [1.82, 2.24) is 0 Å². The largest absolute Gasteiger partial charge is 0.299 e. The molecule has 0 aliphatic heterocycles. The summed E-state index contributed by atoms with van der Waals surface area (Å²) in [6, 6.07) is 3.98. The van der Waals surface area contributed by atoms with Crippen molar-refractivity contribution in [3.8, 4) is 0 Å². The normalized spacial score (nSPS) is 20.8. The van der Waals surface area contributed by atoms with Crippen molar-refractivity contribution < 1.29 is 4.79 Å². The van der Waals surface area contributed by atoms with Gasteiger partial charge in [0.1, 0.15) is 5.78 Å². The molecule has 0 heterocycles. The van der Waals surface area contributed by atoms with Crippen LogP contribution in [0.1, 0.15) is 24.3 Å². The first kappa shape index (κ1) is 10.8. The number of rotatable bonds is 1. The minimum absolute atomic E-state index is 0.0955. The number of ketones is 1. The summed E-state index contributed by atoms with van der Waals surface area (Å²) in [5.74, 6) is 0.439. The van der Waals surface area contributed by atoms with E-state index in [1.807, 2.05) is 12.1 Å². The third-order valence-corrected chi connectivity index (χ3v) is 4.96. The molecule has 1 saturated carbocycles. The van der Waals surface area contributed by atoms with E-state index in [4.69, 9.17) is 0 Å². The lowest BCUT2D eigenvalue weighted by atomic mass is 9.79. The van der Waals surface area contributed by atoms with Gasteiger partial charge < -0.3 is 0 Å². The Morgan fingerprint density at radius 2 is 1.93 bits per heavy atom. The zero-order valence-electron chi connectivity index (χ0n) is 7.19. The number of Topliss-reactive ketones (excluding diaryl/α,β-unsaturated/α-hetero) is 1. The summed E-state index contributed by atoms with van der Waals surface area (Å²) in [5.41, 5.74) is 1.09. The van der Waals surface area contributed by atoms with Gasteiger partial charge in [-0.05, 0) is 56.0 Å². The molecule has 0 radical (unpaired) electrons. The third-order valence-electron chi connectivity index (χ3n) is 2.46. The first-order valence-corrected chi connectivity index (χ1v) is 6.64. The van der Waals surface area contributed by atoms with E-state index in [9.17, 15) is 4.79 Å². The molecule has 74 valence electrons. The molecule has 1 atom stereocenters. The van der Waals surface area contributed by atoms with Crippen LogP contribution in [0.3, 0.4) is 0 Å². The van der Waals surface area contributed by atoms with Crippen LogP contribution in [-0.4, -0.2) is 5.78 Å². The first-order chi connectivity index (χ1) is 6.59. The monoisotopic (exact) mass is 380 g/mol. The lowest BCUT2D eigenvalue weighted by Gasteiger charge is -2.25. The van der Waals surface area contributed by atoms with Crippen LogP contribution < -0.4 is 0 Å². The zero-order chi connectivity index (χ0) is 10.3. The van der Waals surface area contributed by atoms with Gasteiger partial charge in [-0.1, -0.05) is 15.9 Å². The summed E-state index contributed by atoms with van der Waals surface area (Å²) in [7, 11) is 0. The number of halogens is 3. The highest BCUT2D eigenvalue weighted by Gasteiger charge is 2.31. The van der Waals surface area contributed by atoms with Gasteiger partial charge in [-0.2, -0.15) is 0 Å². The molecule has 1 fully saturated rings. The Bertz CT molecular complexity index is 401. The molecule has 14 heavy (non-hydrogen) atoms. The highest BCUT2D eigenvalue weighted by Crippen LogP contribution is 2.41. The van der Waals surface area contributed by atoms with Crippen LogP contribution in [0.5, 0.6) is 0 Å². The summed E-state index contributed by atoms with van der Waals surface area (Å²) in [4.78, 5) is 11.4. The second-order valence-corrected chi connectivity index (χ2v) is 5.91. The fourth-order valence-electron chi connectivity index (χ4n) is 1.56. The predicted molar refractivity (Wildman–Crippen MR) is 66.5 cm³/mol. The van der Waals surface area contributed by atoms with Gasteiger partial charge in [0, 0.05) is 25.8 Å². The highest BCUT2D eigenvalue weighted by atomic mass is 79.9. The van der Waals surface area contributed by atoms with Crippen LogP contribution in [0.2, 0.25) is 0 Å². The van der Waals surface area contributed by atoms with Gasteiger partial charge in [0.2, 0.25) is 0 Å².